The molecule has 0 radical (unpaired) electrons. The summed E-state index contributed by atoms with van der Waals surface area (Å²) in [4.78, 5) is 15.6. The van der Waals surface area contributed by atoms with Gasteiger partial charge in [-0.3, -0.25) is 0 Å². The Morgan fingerprint density at radius 2 is 2.12 bits per heavy atom. The van der Waals surface area contributed by atoms with Gasteiger partial charge >= 0.3 is 5.97 Å². The summed E-state index contributed by atoms with van der Waals surface area (Å²) in [5.74, 6) is -0.594. The molecule has 0 saturated heterocycles. The van der Waals surface area contributed by atoms with Gasteiger partial charge in [0, 0.05) is 5.56 Å². The molecule has 0 aliphatic carbocycles. The molecular formula is C12H11NO3S. The Bertz CT molecular complexity index is 522. The van der Waals surface area contributed by atoms with Crippen molar-refractivity contribution in [2.45, 2.75) is 6.92 Å². The van der Waals surface area contributed by atoms with Crippen molar-refractivity contribution in [3.8, 4) is 15.6 Å². The van der Waals surface area contributed by atoms with Crippen LogP contribution in [0, 0.1) is 0 Å². The molecule has 0 aliphatic rings. The summed E-state index contributed by atoms with van der Waals surface area (Å²) in [5, 5.41) is 10.1. The van der Waals surface area contributed by atoms with E-state index in [1.165, 1.54) is 0 Å². The number of benzene rings is 1. The van der Waals surface area contributed by atoms with Gasteiger partial charge in [0.25, 0.3) is 0 Å². The number of thiazole rings is 1. The van der Waals surface area contributed by atoms with E-state index in [9.17, 15) is 9.90 Å². The predicted molar refractivity (Wildman–Crippen MR) is 65.2 cm³/mol. The Hall–Kier alpha value is -1.88. The summed E-state index contributed by atoms with van der Waals surface area (Å²) in [6.45, 7) is 1.97. The number of hydrogen-bond acceptors (Lipinski definition) is 5. The first kappa shape index (κ1) is 11.6. The maximum absolute atomic E-state index is 11.5. The van der Waals surface area contributed by atoms with Crippen molar-refractivity contribution in [3.05, 3.63) is 36.0 Å². The fraction of sp³-hybridized carbons (Fsp3) is 0.167. The third-order valence-corrected chi connectivity index (χ3v) is 3.01. The topological polar surface area (TPSA) is 59.4 Å². The SMILES string of the molecule is CCOC(=O)c1nc(-c2ccccc2)sc1O. The van der Waals surface area contributed by atoms with Crippen LogP contribution in [-0.2, 0) is 4.74 Å². The van der Waals surface area contributed by atoms with Crippen LogP contribution < -0.4 is 0 Å². The van der Waals surface area contributed by atoms with E-state index < -0.39 is 5.97 Å². The second-order valence-electron chi connectivity index (χ2n) is 3.26. The van der Waals surface area contributed by atoms with Crippen LogP contribution in [0.15, 0.2) is 30.3 Å². The average Bonchev–Trinajstić information content (AvgIpc) is 2.73. The third kappa shape index (κ3) is 2.45. The zero-order valence-corrected chi connectivity index (χ0v) is 10.0. The molecule has 0 aliphatic heterocycles. The molecule has 4 nitrogen and oxygen atoms in total. The minimum Gasteiger partial charge on any atom is -0.498 e. The summed E-state index contributed by atoms with van der Waals surface area (Å²) in [6, 6.07) is 9.37. The minimum atomic E-state index is -0.594. The molecule has 2 rings (SSSR count). The van der Waals surface area contributed by atoms with Crippen molar-refractivity contribution in [2.75, 3.05) is 6.61 Å². The highest BCUT2D eigenvalue weighted by atomic mass is 32.1. The van der Waals surface area contributed by atoms with Crippen LogP contribution >= 0.6 is 11.3 Å². The number of aromatic nitrogens is 1. The quantitative estimate of drug-likeness (QED) is 0.850. The van der Waals surface area contributed by atoms with Gasteiger partial charge in [-0.2, -0.15) is 0 Å². The largest absolute Gasteiger partial charge is 0.498 e. The summed E-state index contributed by atoms with van der Waals surface area (Å²) in [6.07, 6.45) is 0. The van der Waals surface area contributed by atoms with Crippen molar-refractivity contribution in [1.29, 1.82) is 0 Å². The molecule has 0 unspecified atom stereocenters. The van der Waals surface area contributed by atoms with Crippen molar-refractivity contribution >= 4 is 17.3 Å². The number of nitrogens with zero attached hydrogens (tertiary/aromatic N) is 1. The van der Waals surface area contributed by atoms with Crippen LogP contribution in [-0.4, -0.2) is 22.7 Å². The van der Waals surface area contributed by atoms with Gasteiger partial charge in [-0.25, -0.2) is 9.78 Å². The molecular weight excluding hydrogens is 238 g/mol. The number of carbonyl (C=O) groups excluding carboxylic acids is 1. The highest BCUT2D eigenvalue weighted by Gasteiger charge is 2.19. The fourth-order valence-corrected chi connectivity index (χ4v) is 2.15. The van der Waals surface area contributed by atoms with E-state index in [2.05, 4.69) is 4.98 Å². The first-order valence-corrected chi connectivity index (χ1v) is 5.96. The first-order chi connectivity index (χ1) is 8.22. The van der Waals surface area contributed by atoms with Crippen LogP contribution in [0.5, 0.6) is 5.06 Å². The summed E-state index contributed by atoms with van der Waals surface area (Å²) >= 11 is 1.07. The zero-order chi connectivity index (χ0) is 12.3. The summed E-state index contributed by atoms with van der Waals surface area (Å²) < 4.78 is 4.80. The van der Waals surface area contributed by atoms with Crippen molar-refractivity contribution < 1.29 is 14.6 Å². The number of ether oxygens (including phenoxy) is 1. The van der Waals surface area contributed by atoms with E-state index in [1.54, 1.807) is 6.92 Å². The number of carbonyl (C=O) groups is 1. The second kappa shape index (κ2) is 4.97. The van der Waals surface area contributed by atoms with Crippen LogP contribution in [0.1, 0.15) is 17.4 Å². The van der Waals surface area contributed by atoms with E-state index in [0.717, 1.165) is 16.9 Å². The molecule has 1 aromatic heterocycles. The molecule has 0 spiro atoms. The van der Waals surface area contributed by atoms with Gasteiger partial charge in [-0.05, 0) is 6.92 Å². The molecule has 1 heterocycles. The van der Waals surface area contributed by atoms with Gasteiger partial charge in [-0.1, -0.05) is 41.7 Å². The molecule has 88 valence electrons. The smallest absolute Gasteiger partial charge is 0.361 e. The Kier molecular flexibility index (Phi) is 3.39. The van der Waals surface area contributed by atoms with Gasteiger partial charge in [0.15, 0.2) is 0 Å². The summed E-state index contributed by atoms with van der Waals surface area (Å²) in [5.41, 5.74) is 0.846. The molecule has 2 aromatic rings. The molecule has 17 heavy (non-hydrogen) atoms. The first-order valence-electron chi connectivity index (χ1n) is 5.14. The summed E-state index contributed by atoms with van der Waals surface area (Å²) in [7, 11) is 0. The monoisotopic (exact) mass is 249 g/mol. The number of rotatable bonds is 3. The zero-order valence-electron chi connectivity index (χ0n) is 9.21. The molecule has 5 heteroatoms. The van der Waals surface area contributed by atoms with E-state index in [4.69, 9.17) is 4.74 Å². The fourth-order valence-electron chi connectivity index (χ4n) is 1.35. The minimum absolute atomic E-state index is 0.0179. The lowest BCUT2D eigenvalue weighted by Crippen LogP contribution is -2.05. The molecule has 1 N–H and O–H groups in total. The van der Waals surface area contributed by atoms with Crippen molar-refractivity contribution in [3.63, 3.8) is 0 Å². The van der Waals surface area contributed by atoms with E-state index in [0.29, 0.717) is 5.01 Å². The van der Waals surface area contributed by atoms with Gasteiger partial charge in [-0.15, -0.1) is 0 Å². The third-order valence-electron chi connectivity index (χ3n) is 2.10. The van der Waals surface area contributed by atoms with Gasteiger partial charge < -0.3 is 9.84 Å². The van der Waals surface area contributed by atoms with Crippen molar-refractivity contribution in [2.24, 2.45) is 0 Å². The van der Waals surface area contributed by atoms with Gasteiger partial charge in [0.05, 0.1) is 6.61 Å². The van der Waals surface area contributed by atoms with E-state index in [1.807, 2.05) is 30.3 Å². The molecule has 0 atom stereocenters. The highest BCUT2D eigenvalue weighted by Crippen LogP contribution is 2.33. The van der Waals surface area contributed by atoms with Crippen LogP contribution in [0.2, 0.25) is 0 Å². The lowest BCUT2D eigenvalue weighted by atomic mass is 10.2. The average molecular weight is 249 g/mol. The van der Waals surface area contributed by atoms with Crippen LogP contribution in [0.25, 0.3) is 10.6 Å². The van der Waals surface area contributed by atoms with Crippen LogP contribution in [0.4, 0.5) is 0 Å². The van der Waals surface area contributed by atoms with Gasteiger partial charge in [0.1, 0.15) is 5.01 Å². The molecule has 0 amide bonds. The molecule has 0 saturated carbocycles. The Balaban J connectivity index is 2.34. The van der Waals surface area contributed by atoms with Gasteiger partial charge in [0.2, 0.25) is 10.8 Å². The normalized spacial score (nSPS) is 10.2. The Labute approximate surface area is 103 Å². The van der Waals surface area contributed by atoms with Crippen LogP contribution in [0.3, 0.4) is 0 Å². The Morgan fingerprint density at radius 1 is 1.41 bits per heavy atom. The lowest BCUT2D eigenvalue weighted by Gasteiger charge is -1.97. The number of esters is 1. The second-order valence-corrected chi connectivity index (χ2v) is 4.24. The van der Waals surface area contributed by atoms with E-state index >= 15 is 0 Å². The van der Waals surface area contributed by atoms with Crippen molar-refractivity contribution in [1.82, 2.24) is 4.98 Å². The number of hydrogen-bond donors (Lipinski definition) is 1. The van der Waals surface area contributed by atoms with E-state index in [-0.39, 0.29) is 17.4 Å². The molecule has 0 bridgehead atoms. The number of aromatic hydroxyl groups is 1. The highest BCUT2D eigenvalue weighted by molar-refractivity contribution is 7.17. The molecule has 1 aromatic carbocycles. The maximum Gasteiger partial charge on any atom is 0.361 e. The Morgan fingerprint density at radius 3 is 2.76 bits per heavy atom. The molecule has 0 fully saturated rings. The standard InChI is InChI=1S/C12H11NO3S/c1-2-16-11(14)9-12(15)17-10(13-9)8-6-4-3-5-7-8/h3-7,15H,2H2,1H3. The predicted octanol–water partition coefficient (Wildman–Crippen LogP) is 2.69. The maximum atomic E-state index is 11.5. The lowest BCUT2D eigenvalue weighted by molar-refractivity contribution is 0.0517.